The molecule has 1 aromatic rings. The Labute approximate surface area is 202 Å². The maximum absolute atomic E-state index is 13.4. The van der Waals surface area contributed by atoms with Gasteiger partial charge in [-0.1, -0.05) is 19.1 Å². The lowest BCUT2D eigenvalue weighted by molar-refractivity contribution is -0.133. The molecule has 2 aliphatic heterocycles. The lowest BCUT2D eigenvalue weighted by atomic mass is 9.93. The molecule has 3 rings (SSSR count). The number of amides is 1. The Morgan fingerprint density at radius 2 is 2.12 bits per heavy atom. The Morgan fingerprint density at radius 1 is 1.36 bits per heavy atom. The minimum absolute atomic E-state index is 0.160. The molecule has 1 amide bonds. The summed E-state index contributed by atoms with van der Waals surface area (Å²) in [5, 5.41) is 12.5. The number of aliphatic hydroxyl groups is 1. The molecule has 1 fully saturated rings. The zero-order chi connectivity index (χ0) is 23.8. The number of thioether (sulfide) groups is 1. The van der Waals surface area contributed by atoms with Crippen molar-refractivity contribution in [3.8, 4) is 0 Å². The first-order chi connectivity index (χ1) is 15.9. The molecule has 5 N–H and O–H groups in total. The van der Waals surface area contributed by atoms with Crippen LogP contribution in [0.4, 0.5) is 5.69 Å². The van der Waals surface area contributed by atoms with E-state index in [1.54, 1.807) is 28.8 Å². The fourth-order valence-electron chi connectivity index (χ4n) is 4.53. The van der Waals surface area contributed by atoms with E-state index in [4.69, 9.17) is 5.73 Å². The van der Waals surface area contributed by atoms with Crippen LogP contribution in [0.1, 0.15) is 38.2 Å². The van der Waals surface area contributed by atoms with Gasteiger partial charge in [0.1, 0.15) is 10.9 Å². The molecule has 1 saturated heterocycles. The number of nitrogens with one attached hydrogen (secondary N) is 2. The van der Waals surface area contributed by atoms with Gasteiger partial charge in [-0.05, 0) is 67.9 Å². The first-order valence-corrected chi connectivity index (χ1v) is 14.5. The van der Waals surface area contributed by atoms with Crippen molar-refractivity contribution in [1.82, 2.24) is 9.62 Å². The van der Waals surface area contributed by atoms with E-state index in [1.807, 2.05) is 6.07 Å². The van der Waals surface area contributed by atoms with E-state index < -0.39 is 16.1 Å². The molecule has 33 heavy (non-hydrogen) atoms. The summed E-state index contributed by atoms with van der Waals surface area (Å²) in [5.74, 6) is 1.82. The van der Waals surface area contributed by atoms with Gasteiger partial charge in [-0.25, -0.2) is 8.42 Å². The summed E-state index contributed by atoms with van der Waals surface area (Å²) in [6.07, 6.45) is 4.06. The highest BCUT2D eigenvalue weighted by Gasteiger charge is 2.33. The summed E-state index contributed by atoms with van der Waals surface area (Å²) in [6, 6.07) is 4.50. The number of carbonyl (C=O) groups excluding carboxylic acids is 1. The monoisotopic (exact) mass is 498 g/mol. The molecule has 0 aromatic heterocycles. The molecule has 0 bridgehead atoms. The standard InChI is InChI=1S/C23H38N4O4S2/c1-17-14-19-4-2-5-21(22(19)25-15-17)33(30,31)26-20(16-32-13-3-9-24)23(29)27-10-6-18(7-11-27)8-12-28/h2,4-5,17-18,20,25-26,28H,3,6-16,24H2,1H3/t17-,20-/m0/s1. The van der Waals surface area contributed by atoms with Gasteiger partial charge >= 0.3 is 0 Å². The molecular weight excluding hydrogens is 460 g/mol. The second-order valence-electron chi connectivity index (χ2n) is 9.15. The zero-order valence-corrected chi connectivity index (χ0v) is 21.1. The van der Waals surface area contributed by atoms with Crippen molar-refractivity contribution in [3.63, 3.8) is 0 Å². The molecular formula is C23H38N4O4S2. The van der Waals surface area contributed by atoms with Gasteiger partial charge in [0.15, 0.2) is 0 Å². The average Bonchev–Trinajstić information content (AvgIpc) is 2.80. The van der Waals surface area contributed by atoms with Crippen molar-refractivity contribution in [2.24, 2.45) is 17.6 Å². The maximum Gasteiger partial charge on any atom is 0.243 e. The number of aliphatic hydroxyl groups excluding tert-OH is 1. The number of para-hydroxylation sites is 1. The predicted octanol–water partition coefficient (Wildman–Crippen LogP) is 1.64. The summed E-state index contributed by atoms with van der Waals surface area (Å²) >= 11 is 1.55. The fourth-order valence-corrected chi connectivity index (χ4v) is 7.05. The Hall–Kier alpha value is -1.33. The van der Waals surface area contributed by atoms with Crippen LogP contribution in [0.15, 0.2) is 23.1 Å². The van der Waals surface area contributed by atoms with Gasteiger partial charge in [0, 0.05) is 32.0 Å². The minimum atomic E-state index is -3.90. The average molecular weight is 499 g/mol. The number of carbonyl (C=O) groups is 1. The largest absolute Gasteiger partial charge is 0.396 e. The van der Waals surface area contributed by atoms with Crippen LogP contribution in [0.25, 0.3) is 0 Å². The molecule has 2 aliphatic rings. The summed E-state index contributed by atoms with van der Waals surface area (Å²) in [4.78, 5) is 15.3. The van der Waals surface area contributed by atoms with Crippen molar-refractivity contribution in [3.05, 3.63) is 23.8 Å². The van der Waals surface area contributed by atoms with E-state index in [0.717, 1.165) is 50.0 Å². The van der Waals surface area contributed by atoms with Gasteiger partial charge in [-0.15, -0.1) is 0 Å². The summed E-state index contributed by atoms with van der Waals surface area (Å²) < 4.78 is 29.6. The second kappa shape index (κ2) is 12.4. The van der Waals surface area contributed by atoms with Crippen LogP contribution < -0.4 is 15.8 Å². The van der Waals surface area contributed by atoms with E-state index in [9.17, 15) is 18.3 Å². The lowest BCUT2D eigenvalue weighted by Gasteiger charge is -2.34. The number of rotatable bonds is 11. The van der Waals surface area contributed by atoms with Gasteiger partial charge in [-0.3, -0.25) is 4.79 Å². The van der Waals surface area contributed by atoms with Gasteiger partial charge in [0.05, 0.1) is 5.69 Å². The maximum atomic E-state index is 13.4. The van der Waals surface area contributed by atoms with E-state index >= 15 is 0 Å². The Bertz CT molecular complexity index is 888. The van der Waals surface area contributed by atoms with E-state index in [2.05, 4.69) is 17.0 Å². The Kier molecular flexibility index (Phi) is 9.87. The van der Waals surface area contributed by atoms with Crippen molar-refractivity contribution >= 4 is 33.4 Å². The van der Waals surface area contributed by atoms with Crippen LogP contribution in [-0.2, 0) is 21.2 Å². The SMILES string of the molecule is C[C@@H]1CNc2c(cccc2S(=O)(=O)N[C@@H](CSCCCN)C(=O)N2CCC(CCO)CC2)C1. The van der Waals surface area contributed by atoms with Crippen molar-refractivity contribution in [1.29, 1.82) is 0 Å². The van der Waals surface area contributed by atoms with Crippen LogP contribution in [0, 0.1) is 11.8 Å². The third kappa shape index (κ3) is 7.08. The third-order valence-corrected chi connectivity index (χ3v) is 9.09. The smallest absolute Gasteiger partial charge is 0.243 e. The van der Waals surface area contributed by atoms with Crippen molar-refractivity contribution < 1.29 is 18.3 Å². The molecule has 0 unspecified atom stereocenters. The number of hydrogen-bond acceptors (Lipinski definition) is 7. The van der Waals surface area contributed by atoms with Crippen LogP contribution in [0.3, 0.4) is 0 Å². The molecule has 0 aliphatic carbocycles. The molecule has 1 aromatic carbocycles. The van der Waals surface area contributed by atoms with Crippen LogP contribution in [0.2, 0.25) is 0 Å². The minimum Gasteiger partial charge on any atom is -0.396 e. The van der Waals surface area contributed by atoms with Crippen LogP contribution in [-0.4, -0.2) is 74.7 Å². The first-order valence-electron chi connectivity index (χ1n) is 11.9. The molecule has 10 heteroatoms. The van der Waals surface area contributed by atoms with E-state index in [1.165, 1.54) is 0 Å². The van der Waals surface area contributed by atoms with E-state index in [0.29, 0.717) is 42.9 Å². The molecule has 0 saturated carbocycles. The lowest BCUT2D eigenvalue weighted by Crippen LogP contribution is -2.52. The topological polar surface area (TPSA) is 125 Å². The number of benzene rings is 1. The van der Waals surface area contributed by atoms with Crippen LogP contribution >= 0.6 is 11.8 Å². The number of likely N-dealkylation sites (tertiary alicyclic amines) is 1. The number of anilines is 1. The predicted molar refractivity (Wildman–Crippen MR) is 134 cm³/mol. The highest BCUT2D eigenvalue weighted by molar-refractivity contribution is 7.99. The first kappa shape index (κ1) is 26.3. The number of fused-ring (bicyclic) bond motifs is 1. The third-order valence-electron chi connectivity index (χ3n) is 6.43. The highest BCUT2D eigenvalue weighted by Crippen LogP contribution is 2.31. The number of sulfonamides is 1. The Balaban J connectivity index is 1.75. The number of nitrogens with zero attached hydrogens (tertiary/aromatic N) is 1. The molecule has 8 nitrogen and oxygen atoms in total. The number of hydrogen-bond donors (Lipinski definition) is 4. The quantitative estimate of drug-likeness (QED) is 0.342. The second-order valence-corrected chi connectivity index (χ2v) is 12.0. The van der Waals surface area contributed by atoms with Gasteiger partial charge in [0.2, 0.25) is 15.9 Å². The summed E-state index contributed by atoms with van der Waals surface area (Å²) in [6.45, 7) is 4.76. The van der Waals surface area contributed by atoms with Crippen molar-refractivity contribution in [2.45, 2.75) is 50.0 Å². The fraction of sp³-hybridized carbons (Fsp3) is 0.696. The number of piperidine rings is 1. The Morgan fingerprint density at radius 3 is 2.82 bits per heavy atom. The van der Waals surface area contributed by atoms with Crippen molar-refractivity contribution in [2.75, 3.05) is 49.6 Å². The molecule has 186 valence electrons. The van der Waals surface area contributed by atoms with Gasteiger partial charge in [0.25, 0.3) is 0 Å². The van der Waals surface area contributed by atoms with Crippen LogP contribution in [0.5, 0.6) is 0 Å². The van der Waals surface area contributed by atoms with Gasteiger partial charge in [-0.2, -0.15) is 16.5 Å². The molecule has 0 radical (unpaired) electrons. The molecule has 0 spiro atoms. The number of nitrogens with two attached hydrogens (primary N) is 1. The molecule has 2 atom stereocenters. The zero-order valence-electron chi connectivity index (χ0n) is 19.5. The van der Waals surface area contributed by atoms with E-state index in [-0.39, 0.29) is 17.4 Å². The summed E-state index contributed by atoms with van der Waals surface area (Å²) in [5.41, 5.74) is 7.22. The normalized spacial score (nSPS) is 20.2. The highest BCUT2D eigenvalue weighted by atomic mass is 32.2. The van der Waals surface area contributed by atoms with Gasteiger partial charge < -0.3 is 21.1 Å². The summed E-state index contributed by atoms with van der Waals surface area (Å²) in [7, 11) is -3.90. The molecule has 2 heterocycles.